The van der Waals surface area contributed by atoms with Gasteiger partial charge < -0.3 is 28.4 Å². The molecule has 5 aromatic carbocycles. The van der Waals surface area contributed by atoms with Crippen LogP contribution in [-0.2, 0) is 64.3 Å². The molecular weight excluding hydrogens is 828 g/mol. The molecule has 0 saturated carbocycles. The third-order valence-electron chi connectivity index (χ3n) is 11.1. The second-order valence-corrected chi connectivity index (χ2v) is 15.3. The van der Waals surface area contributed by atoms with Crippen LogP contribution in [0.5, 0.6) is 0 Å². The first kappa shape index (κ1) is 45.8. The van der Waals surface area contributed by atoms with E-state index in [4.69, 9.17) is 28.4 Å². The van der Waals surface area contributed by atoms with Crippen LogP contribution >= 0.6 is 0 Å². The van der Waals surface area contributed by atoms with Crippen LogP contribution in [0.3, 0.4) is 0 Å². The Kier molecular flexibility index (Phi) is 15.7. The van der Waals surface area contributed by atoms with Crippen LogP contribution in [0, 0.1) is 22.9 Å². The highest BCUT2D eigenvalue weighted by Gasteiger charge is 2.64. The van der Waals surface area contributed by atoms with E-state index in [-0.39, 0.29) is 63.7 Å². The van der Waals surface area contributed by atoms with Gasteiger partial charge in [-0.25, -0.2) is 17.9 Å². The number of benzene rings is 5. The van der Waals surface area contributed by atoms with Gasteiger partial charge in [-0.1, -0.05) is 127 Å². The fraction of sp³-hybridized carbons (Fsp3) is 0.320. The number of rotatable bonds is 20. The van der Waals surface area contributed by atoms with Crippen molar-refractivity contribution in [1.29, 1.82) is 0 Å². The number of halogens is 3. The standard InChI is InChI=1S/C50H50F3N3O8/c1-3-60-48(57)50(49(58)61-4-2,26-25-34-17-9-5-10-18-34)47-46(63-32-37-23-15-8-16-24-37)44(56-29-41(54-55-56)38-27-39(51)43(53)40(52)28-38)45(62-31-36-21-13-7-14-22-36)42(64-47)33-59-30-35-19-11-6-12-20-35/h5-24,27-29,42,44-47H,3-4,25-26,30-33H2,1-2H3/t42?,44?,45-,46?,47+/m0/s1. The number of hydrogen-bond acceptors (Lipinski definition) is 10. The van der Waals surface area contributed by atoms with Gasteiger partial charge in [0.1, 0.15) is 36.2 Å². The minimum atomic E-state index is -2.16. The van der Waals surface area contributed by atoms with E-state index >= 15 is 0 Å². The van der Waals surface area contributed by atoms with Crippen molar-refractivity contribution in [2.45, 2.75) is 77.0 Å². The topological polar surface area (TPSA) is 120 Å². The maximum atomic E-state index is 14.9. The first-order valence-corrected chi connectivity index (χ1v) is 21.2. The number of ether oxygens (including phenoxy) is 6. The summed E-state index contributed by atoms with van der Waals surface area (Å²) in [7, 11) is 0. The van der Waals surface area contributed by atoms with Crippen LogP contribution in [0.4, 0.5) is 13.2 Å². The van der Waals surface area contributed by atoms with E-state index in [1.54, 1.807) is 13.8 Å². The smallest absolute Gasteiger partial charge is 0.326 e. The minimum absolute atomic E-state index is 0.00698. The lowest BCUT2D eigenvalue weighted by molar-refractivity contribution is -0.267. The van der Waals surface area contributed by atoms with Gasteiger partial charge in [0.05, 0.1) is 45.8 Å². The van der Waals surface area contributed by atoms with E-state index in [1.165, 1.54) is 10.9 Å². The highest BCUT2D eigenvalue weighted by Crippen LogP contribution is 2.46. The fourth-order valence-corrected chi connectivity index (χ4v) is 7.98. The van der Waals surface area contributed by atoms with Crippen LogP contribution in [0.25, 0.3) is 11.3 Å². The molecule has 334 valence electrons. The Morgan fingerprint density at radius 1 is 0.672 bits per heavy atom. The number of nitrogens with zero attached hydrogens (tertiary/aromatic N) is 3. The second kappa shape index (κ2) is 21.9. The summed E-state index contributed by atoms with van der Waals surface area (Å²) < 4.78 is 83.7. The summed E-state index contributed by atoms with van der Waals surface area (Å²) in [4.78, 5) is 29.8. The molecule has 0 aliphatic carbocycles. The molecule has 1 fully saturated rings. The first-order chi connectivity index (χ1) is 31.2. The van der Waals surface area contributed by atoms with Gasteiger partial charge in [0.2, 0.25) is 0 Å². The summed E-state index contributed by atoms with van der Waals surface area (Å²) in [5.74, 6) is -6.22. The molecule has 1 aromatic heterocycles. The molecule has 14 heteroatoms. The number of esters is 2. The predicted molar refractivity (Wildman–Crippen MR) is 230 cm³/mol. The van der Waals surface area contributed by atoms with Gasteiger partial charge in [0, 0.05) is 5.56 Å². The number of hydrogen-bond donors (Lipinski definition) is 0. The van der Waals surface area contributed by atoms with E-state index in [1.807, 2.05) is 121 Å². The van der Waals surface area contributed by atoms with Crippen LogP contribution in [0.1, 0.15) is 48.6 Å². The Hall–Kier alpha value is -6.19. The summed E-state index contributed by atoms with van der Waals surface area (Å²) in [5, 5.41) is 8.77. The number of aryl methyl sites for hydroxylation is 1. The number of carbonyl (C=O) groups is 2. The molecular formula is C50H50F3N3O8. The third kappa shape index (κ3) is 10.8. The number of carbonyl (C=O) groups excluding carboxylic acids is 2. The zero-order valence-electron chi connectivity index (χ0n) is 35.6. The van der Waals surface area contributed by atoms with Crippen molar-refractivity contribution in [3.8, 4) is 11.3 Å². The highest BCUT2D eigenvalue weighted by molar-refractivity contribution is 6.01. The molecule has 0 bridgehead atoms. The lowest BCUT2D eigenvalue weighted by atomic mass is 9.71. The Bertz CT molecular complexity index is 2370. The zero-order valence-corrected chi connectivity index (χ0v) is 35.6. The van der Waals surface area contributed by atoms with Gasteiger partial charge in [0.25, 0.3) is 0 Å². The maximum Gasteiger partial charge on any atom is 0.326 e. The molecule has 11 nitrogen and oxygen atoms in total. The lowest BCUT2D eigenvalue weighted by Crippen LogP contribution is -2.66. The molecule has 64 heavy (non-hydrogen) atoms. The average molecular weight is 878 g/mol. The van der Waals surface area contributed by atoms with E-state index in [0.29, 0.717) is 0 Å². The van der Waals surface area contributed by atoms with Gasteiger partial charge in [-0.3, -0.25) is 9.59 Å². The molecule has 1 aliphatic rings. The molecule has 1 aliphatic heterocycles. The van der Waals surface area contributed by atoms with Gasteiger partial charge in [-0.15, -0.1) is 5.10 Å². The zero-order chi connectivity index (χ0) is 44.9. The average Bonchev–Trinajstić information content (AvgIpc) is 3.81. The molecule has 0 amide bonds. The SMILES string of the molecule is CCOC(=O)C(CCc1ccccc1)(C(=O)OCC)[C@@H]1OC(COCc2ccccc2)[C@H](OCc2ccccc2)C(n2cc(-c3cc(F)c(F)c(F)c3)nn2)C1OCc1ccccc1. The maximum absolute atomic E-state index is 14.9. The Morgan fingerprint density at radius 3 is 1.67 bits per heavy atom. The molecule has 0 N–H and O–H groups in total. The van der Waals surface area contributed by atoms with Gasteiger partial charge in [-0.05, 0) is 61.1 Å². The quantitative estimate of drug-likeness (QED) is 0.0418. The van der Waals surface area contributed by atoms with Crippen molar-refractivity contribution in [2.24, 2.45) is 5.41 Å². The van der Waals surface area contributed by atoms with E-state index < -0.39 is 65.3 Å². The van der Waals surface area contributed by atoms with Gasteiger partial charge in [0.15, 0.2) is 22.9 Å². The Morgan fingerprint density at radius 2 is 1.16 bits per heavy atom. The van der Waals surface area contributed by atoms with Crippen molar-refractivity contribution in [2.75, 3.05) is 19.8 Å². The summed E-state index contributed by atoms with van der Waals surface area (Å²) in [6.45, 7) is 3.26. The van der Waals surface area contributed by atoms with Crippen LogP contribution in [0.2, 0.25) is 0 Å². The van der Waals surface area contributed by atoms with E-state index in [9.17, 15) is 22.8 Å². The summed E-state index contributed by atoms with van der Waals surface area (Å²) >= 11 is 0. The molecule has 0 spiro atoms. The van der Waals surface area contributed by atoms with E-state index in [0.717, 1.165) is 34.4 Å². The summed E-state index contributed by atoms with van der Waals surface area (Å²) in [5.41, 5.74) is 1.04. The van der Waals surface area contributed by atoms with Crippen LogP contribution in [0.15, 0.2) is 140 Å². The Labute approximate surface area is 370 Å². The molecule has 1 saturated heterocycles. The number of aromatic nitrogens is 3. The van der Waals surface area contributed by atoms with Crippen molar-refractivity contribution < 1.29 is 51.2 Å². The molecule has 2 heterocycles. The molecule has 5 atom stereocenters. The van der Waals surface area contributed by atoms with E-state index in [2.05, 4.69) is 10.3 Å². The van der Waals surface area contributed by atoms with Crippen molar-refractivity contribution in [1.82, 2.24) is 15.0 Å². The fourth-order valence-electron chi connectivity index (χ4n) is 7.98. The van der Waals surface area contributed by atoms with Crippen LogP contribution in [-0.4, -0.2) is 71.2 Å². The third-order valence-corrected chi connectivity index (χ3v) is 11.1. The van der Waals surface area contributed by atoms with Crippen LogP contribution < -0.4 is 0 Å². The largest absolute Gasteiger partial charge is 0.465 e. The lowest BCUT2D eigenvalue weighted by Gasteiger charge is -2.50. The second-order valence-electron chi connectivity index (χ2n) is 15.3. The summed E-state index contributed by atoms with van der Waals surface area (Å²) in [6, 6.07) is 38.1. The summed E-state index contributed by atoms with van der Waals surface area (Å²) in [6.07, 6.45) is -3.24. The van der Waals surface area contributed by atoms with Gasteiger partial charge >= 0.3 is 11.9 Å². The molecule has 6 aromatic rings. The minimum Gasteiger partial charge on any atom is -0.465 e. The normalized spacial score (nSPS) is 18.7. The monoisotopic (exact) mass is 877 g/mol. The van der Waals surface area contributed by atoms with Crippen molar-refractivity contribution in [3.05, 3.63) is 179 Å². The Balaban J connectivity index is 1.42. The van der Waals surface area contributed by atoms with Crippen molar-refractivity contribution >= 4 is 11.9 Å². The van der Waals surface area contributed by atoms with Crippen molar-refractivity contribution in [3.63, 3.8) is 0 Å². The predicted octanol–water partition coefficient (Wildman–Crippen LogP) is 8.80. The first-order valence-electron chi connectivity index (χ1n) is 21.2. The van der Waals surface area contributed by atoms with Gasteiger partial charge in [-0.2, -0.15) is 0 Å². The molecule has 7 rings (SSSR count). The molecule has 0 radical (unpaired) electrons. The highest BCUT2D eigenvalue weighted by atomic mass is 19.2. The molecule has 3 unspecified atom stereocenters.